The molecule has 1 aliphatic carbocycles. The molecule has 2 aromatic rings. The first-order valence-corrected chi connectivity index (χ1v) is 15.7. The number of hydrogen-bond acceptors (Lipinski definition) is 10. The number of carbonyl (C=O) groups excluding carboxylic acids is 2. The number of halogens is 1. The highest BCUT2D eigenvalue weighted by atomic mass is 35.5. The number of ether oxygens (including phenoxy) is 1. The second-order valence-electron chi connectivity index (χ2n) is 13.2. The number of aromatic nitrogens is 4. The number of piperazine rings is 1. The number of allylic oxidation sites excluding steroid dienone is 6. The number of hydrogen-bond donors (Lipinski definition) is 1. The Labute approximate surface area is 273 Å². The summed E-state index contributed by atoms with van der Waals surface area (Å²) in [5, 5.41) is 12.9. The average Bonchev–Trinajstić information content (AvgIpc) is 2.97. The lowest BCUT2D eigenvalue weighted by molar-refractivity contribution is -0.111. The van der Waals surface area contributed by atoms with Crippen molar-refractivity contribution in [3.63, 3.8) is 0 Å². The largest absolute Gasteiger partial charge is 0.444 e. The molecule has 1 atom stereocenters. The van der Waals surface area contributed by atoms with Gasteiger partial charge in [0.25, 0.3) is 0 Å². The molecule has 3 aliphatic rings. The molecule has 13 heteroatoms. The number of anilines is 2. The molecule has 1 saturated heterocycles. The Morgan fingerprint density at radius 3 is 2.24 bits per heavy atom. The zero-order valence-corrected chi connectivity index (χ0v) is 28.2. The van der Waals surface area contributed by atoms with Crippen molar-refractivity contribution >= 4 is 41.2 Å². The monoisotopic (exact) mass is 649 g/mol. The van der Waals surface area contributed by atoms with Crippen LogP contribution in [0.4, 0.5) is 16.4 Å². The molecule has 2 aromatic heterocycles. The van der Waals surface area contributed by atoms with Crippen molar-refractivity contribution in [2.24, 2.45) is 0 Å². The van der Waals surface area contributed by atoms with E-state index in [9.17, 15) is 19.6 Å². The highest BCUT2D eigenvalue weighted by Gasteiger charge is 2.38. The minimum atomic E-state index is -0.672. The van der Waals surface area contributed by atoms with Gasteiger partial charge in [-0.25, -0.2) is 29.2 Å². The smallest absolute Gasteiger partial charge is 0.410 e. The molecule has 0 bridgehead atoms. The second-order valence-corrected chi connectivity index (χ2v) is 13.6. The Bertz CT molecular complexity index is 1740. The van der Waals surface area contributed by atoms with Gasteiger partial charge in [0.15, 0.2) is 11.6 Å². The van der Waals surface area contributed by atoms with Gasteiger partial charge in [-0.1, -0.05) is 51.4 Å². The fraction of sp³-hybridized carbons (Fsp3) is 0.455. The predicted molar refractivity (Wildman–Crippen MR) is 177 cm³/mol. The van der Waals surface area contributed by atoms with Crippen LogP contribution in [0.15, 0.2) is 51.7 Å². The molecule has 0 spiro atoms. The number of ketones is 1. The lowest BCUT2D eigenvalue weighted by Gasteiger charge is -2.42. The molecule has 0 saturated carbocycles. The van der Waals surface area contributed by atoms with Crippen LogP contribution in [-0.4, -0.2) is 72.8 Å². The van der Waals surface area contributed by atoms with Crippen molar-refractivity contribution in [3.05, 3.63) is 74.4 Å². The molecule has 2 aliphatic heterocycles. The Morgan fingerprint density at radius 1 is 1.04 bits per heavy atom. The number of nitrogens with zero attached hydrogens (tertiary/aromatic N) is 7. The third-order valence-electron chi connectivity index (χ3n) is 7.89. The minimum absolute atomic E-state index is 0.0295. The van der Waals surface area contributed by atoms with Gasteiger partial charge in [0.2, 0.25) is 0 Å². The number of fused-ring (bicyclic) bond motifs is 1. The fourth-order valence-corrected chi connectivity index (χ4v) is 6.11. The Hall–Kier alpha value is -4.29. The third kappa shape index (κ3) is 6.11. The van der Waals surface area contributed by atoms with E-state index < -0.39 is 17.4 Å². The molecule has 12 nitrogen and oxygen atoms in total. The summed E-state index contributed by atoms with van der Waals surface area (Å²) in [7, 11) is 0. The lowest BCUT2D eigenvalue weighted by atomic mass is 9.99. The maximum Gasteiger partial charge on any atom is 0.410 e. The highest BCUT2D eigenvalue weighted by Crippen LogP contribution is 2.43. The van der Waals surface area contributed by atoms with Crippen molar-refractivity contribution < 1.29 is 19.5 Å². The molecule has 1 amide bonds. The van der Waals surface area contributed by atoms with Crippen molar-refractivity contribution in [2.75, 3.05) is 29.6 Å². The predicted octanol–water partition coefficient (Wildman–Crippen LogP) is 5.45. The van der Waals surface area contributed by atoms with Crippen LogP contribution in [0, 0.1) is 0 Å². The molecule has 46 heavy (non-hydrogen) atoms. The minimum Gasteiger partial charge on any atom is -0.444 e. The Morgan fingerprint density at radius 2 is 1.67 bits per heavy atom. The Balaban J connectivity index is 1.75. The summed E-state index contributed by atoms with van der Waals surface area (Å²) in [5.41, 5.74) is 0.841. The van der Waals surface area contributed by atoms with E-state index in [-0.39, 0.29) is 51.6 Å². The van der Waals surface area contributed by atoms with E-state index in [0.29, 0.717) is 42.3 Å². The number of amides is 1. The summed E-state index contributed by atoms with van der Waals surface area (Å²) < 4.78 is 6.90. The molecule has 0 radical (unpaired) electrons. The van der Waals surface area contributed by atoms with Gasteiger partial charge in [-0.3, -0.25) is 10.0 Å². The van der Waals surface area contributed by atoms with Crippen LogP contribution in [0.5, 0.6) is 0 Å². The van der Waals surface area contributed by atoms with Gasteiger partial charge in [-0.05, 0) is 57.8 Å². The van der Waals surface area contributed by atoms with Crippen LogP contribution in [-0.2, 0) is 9.53 Å². The molecular formula is C33H40ClN7O5. The van der Waals surface area contributed by atoms with Crippen LogP contribution >= 0.6 is 11.6 Å². The van der Waals surface area contributed by atoms with E-state index in [1.54, 1.807) is 29.2 Å². The number of hydroxylamine groups is 1. The summed E-state index contributed by atoms with van der Waals surface area (Å²) in [6, 6.07) is -0.280. The van der Waals surface area contributed by atoms with Crippen LogP contribution in [0.2, 0.25) is 0 Å². The maximum absolute atomic E-state index is 14.3. The topological polar surface area (TPSA) is 134 Å². The van der Waals surface area contributed by atoms with Gasteiger partial charge >= 0.3 is 11.8 Å². The van der Waals surface area contributed by atoms with Gasteiger partial charge in [-0.15, -0.1) is 0 Å². The van der Waals surface area contributed by atoms with Gasteiger partial charge in [0.05, 0.1) is 27.7 Å². The third-order valence-corrected chi connectivity index (χ3v) is 8.17. The molecular weight excluding hydrogens is 610 g/mol. The highest BCUT2D eigenvalue weighted by molar-refractivity contribution is 6.35. The van der Waals surface area contributed by atoms with Gasteiger partial charge in [0.1, 0.15) is 23.4 Å². The molecule has 1 fully saturated rings. The molecule has 0 unspecified atom stereocenters. The van der Waals surface area contributed by atoms with Gasteiger partial charge in [-0.2, -0.15) is 4.98 Å². The van der Waals surface area contributed by atoms with Crippen LogP contribution < -0.4 is 15.7 Å². The van der Waals surface area contributed by atoms with E-state index in [1.165, 1.54) is 17.0 Å². The van der Waals surface area contributed by atoms with E-state index in [4.69, 9.17) is 16.3 Å². The zero-order chi connectivity index (χ0) is 33.7. The zero-order valence-electron chi connectivity index (χ0n) is 27.4. The maximum atomic E-state index is 14.3. The molecule has 244 valence electrons. The van der Waals surface area contributed by atoms with E-state index in [0.717, 1.165) is 5.06 Å². The van der Waals surface area contributed by atoms with Crippen LogP contribution in [0.3, 0.4) is 0 Å². The summed E-state index contributed by atoms with van der Waals surface area (Å²) >= 11 is 6.84. The first-order chi connectivity index (χ1) is 21.6. The van der Waals surface area contributed by atoms with Crippen molar-refractivity contribution in [3.8, 4) is 5.69 Å². The Kier molecular flexibility index (Phi) is 8.98. The summed E-state index contributed by atoms with van der Waals surface area (Å²) in [6.45, 7) is 16.2. The molecule has 5 rings (SSSR count). The normalized spacial score (nSPS) is 20.1. The summed E-state index contributed by atoms with van der Waals surface area (Å²) in [6.07, 6.45) is 8.89. The second kappa shape index (κ2) is 12.5. The van der Waals surface area contributed by atoms with Gasteiger partial charge in [0, 0.05) is 31.2 Å². The number of rotatable bonds is 4. The first kappa shape index (κ1) is 33.1. The standard InChI is InChI=1S/C33H40ClN7O5/c1-18(2)25-28(26(19(3)4)36-17-35-25)40-30-22(15-23(34)27(41(30)45)21-11-9-10-12-24(21)42)29(37-31(40)43)39-14-13-38(16-20(39)5)32(44)46-33(6,7)8/h9-12,15,17-20,45H,13-14,16H2,1-8H3/t20-/m0/s1. The van der Waals surface area contributed by atoms with Crippen LogP contribution in [0.25, 0.3) is 11.8 Å². The van der Waals surface area contributed by atoms with Crippen molar-refractivity contribution in [2.45, 2.75) is 78.9 Å². The average molecular weight is 650 g/mol. The van der Waals surface area contributed by atoms with E-state index in [1.807, 2.05) is 60.3 Å². The molecule has 1 N–H and O–H groups in total. The first-order valence-electron chi connectivity index (χ1n) is 15.4. The van der Waals surface area contributed by atoms with E-state index >= 15 is 0 Å². The fourth-order valence-electron chi connectivity index (χ4n) is 5.82. The van der Waals surface area contributed by atoms with E-state index in [2.05, 4.69) is 15.0 Å². The van der Waals surface area contributed by atoms with Crippen molar-refractivity contribution in [1.82, 2.24) is 24.4 Å². The van der Waals surface area contributed by atoms with Gasteiger partial charge < -0.3 is 14.5 Å². The SMILES string of the molecule is CC(C)c1ncnc(C(C)C)c1-n1c2c(c(N3CCN(C(=O)OC(C)(C)C)C[C@@H]3C)nc1=O)C=C(Cl)C(=C1C=CC=CC1=O)N2O. The van der Waals surface area contributed by atoms with Crippen LogP contribution in [0.1, 0.15) is 84.2 Å². The molecule has 4 heterocycles. The summed E-state index contributed by atoms with van der Waals surface area (Å²) in [5.74, 6) is -0.236. The summed E-state index contributed by atoms with van der Waals surface area (Å²) in [4.78, 5) is 57.3. The van der Waals surface area contributed by atoms with Crippen molar-refractivity contribution in [1.29, 1.82) is 0 Å². The quantitative estimate of drug-likeness (QED) is 0.426. The number of carbonyl (C=O) groups is 2. The molecule has 0 aromatic carbocycles. The lowest BCUT2D eigenvalue weighted by Crippen LogP contribution is -2.55.